The highest BCUT2D eigenvalue weighted by Crippen LogP contribution is 2.19. The summed E-state index contributed by atoms with van der Waals surface area (Å²) in [4.78, 5) is -0.0307. The number of hydrogen-bond acceptors (Lipinski definition) is 3. The second kappa shape index (κ2) is 4.77. The summed E-state index contributed by atoms with van der Waals surface area (Å²) in [6.07, 6.45) is -3.25. The molecule has 0 amide bonds. The molecule has 90 valence electrons. The summed E-state index contributed by atoms with van der Waals surface area (Å²) < 4.78 is 37.5. The minimum atomic E-state index is -4.33. The highest BCUT2D eigenvalue weighted by Gasteiger charge is 2.30. The van der Waals surface area contributed by atoms with Crippen molar-refractivity contribution in [2.24, 2.45) is 5.73 Å². The molecule has 0 aliphatic heterocycles. The Balaban J connectivity index is 3.05. The molecule has 1 heterocycles. The van der Waals surface area contributed by atoms with Gasteiger partial charge in [0.25, 0.3) is 0 Å². The Morgan fingerprint density at radius 1 is 1.50 bits per heavy atom. The van der Waals surface area contributed by atoms with Crippen molar-refractivity contribution < 1.29 is 13.2 Å². The van der Waals surface area contributed by atoms with Crippen LogP contribution in [0.3, 0.4) is 0 Å². The van der Waals surface area contributed by atoms with Crippen LogP contribution >= 0.6 is 12.2 Å². The van der Waals surface area contributed by atoms with E-state index in [2.05, 4.69) is 10.3 Å². The zero-order valence-corrected chi connectivity index (χ0v) is 9.40. The lowest BCUT2D eigenvalue weighted by Crippen LogP contribution is -2.21. The third-order valence-corrected chi connectivity index (χ3v) is 2.08. The van der Waals surface area contributed by atoms with Gasteiger partial charge in [-0.25, -0.2) is 4.68 Å². The van der Waals surface area contributed by atoms with E-state index in [0.717, 1.165) is 4.68 Å². The minimum Gasteiger partial charge on any atom is -0.388 e. The van der Waals surface area contributed by atoms with Gasteiger partial charge in [0, 0.05) is 0 Å². The molecule has 1 rings (SSSR count). The second-order valence-electron chi connectivity index (χ2n) is 3.27. The Labute approximate surface area is 95.6 Å². The van der Waals surface area contributed by atoms with Gasteiger partial charge in [0.15, 0.2) is 0 Å². The van der Waals surface area contributed by atoms with Crippen molar-refractivity contribution in [3.8, 4) is 0 Å². The van der Waals surface area contributed by atoms with E-state index in [0.29, 0.717) is 18.5 Å². The van der Waals surface area contributed by atoms with Crippen molar-refractivity contribution in [2.75, 3.05) is 0 Å². The fourth-order valence-corrected chi connectivity index (χ4v) is 1.46. The molecule has 0 saturated carbocycles. The number of hydrogen-bond donors (Lipinski definition) is 1. The molecule has 1 aromatic rings. The maximum atomic E-state index is 12.2. The Morgan fingerprint density at radius 2 is 2.12 bits per heavy atom. The van der Waals surface area contributed by atoms with Gasteiger partial charge in [-0.2, -0.15) is 13.2 Å². The molecule has 1 aromatic heterocycles. The first-order valence-corrected chi connectivity index (χ1v) is 5.05. The van der Waals surface area contributed by atoms with Crippen LogP contribution in [0.5, 0.6) is 0 Å². The average Bonchev–Trinajstić information content (AvgIpc) is 2.47. The second-order valence-corrected chi connectivity index (χ2v) is 3.71. The van der Waals surface area contributed by atoms with E-state index < -0.39 is 12.7 Å². The van der Waals surface area contributed by atoms with Gasteiger partial charge in [0.1, 0.15) is 17.2 Å². The summed E-state index contributed by atoms with van der Waals surface area (Å²) in [5.74, 6) is 0. The van der Waals surface area contributed by atoms with Gasteiger partial charge in [-0.05, 0) is 6.42 Å². The van der Waals surface area contributed by atoms with Crippen molar-refractivity contribution in [2.45, 2.75) is 32.5 Å². The number of nitrogens with two attached hydrogens (primary N) is 1. The van der Waals surface area contributed by atoms with E-state index in [1.165, 1.54) is 0 Å². The SMILES string of the molecule is CCCc1c(C(N)=S)nnn1CC(F)(F)F. The molecule has 0 bridgehead atoms. The van der Waals surface area contributed by atoms with Crippen molar-refractivity contribution in [1.29, 1.82) is 0 Å². The van der Waals surface area contributed by atoms with Gasteiger partial charge in [-0.15, -0.1) is 5.10 Å². The first kappa shape index (κ1) is 12.9. The summed E-state index contributed by atoms with van der Waals surface area (Å²) in [5.41, 5.74) is 5.88. The van der Waals surface area contributed by atoms with Gasteiger partial charge in [0.2, 0.25) is 0 Å². The number of thiocarbonyl (C=S) groups is 1. The molecule has 0 aromatic carbocycles. The minimum absolute atomic E-state index is 0.0307. The summed E-state index contributed by atoms with van der Waals surface area (Å²) in [5, 5.41) is 6.99. The van der Waals surface area contributed by atoms with Crippen molar-refractivity contribution in [3.63, 3.8) is 0 Å². The largest absolute Gasteiger partial charge is 0.408 e. The lowest BCUT2D eigenvalue weighted by atomic mass is 10.2. The van der Waals surface area contributed by atoms with E-state index in [9.17, 15) is 13.2 Å². The molecule has 0 fully saturated rings. The zero-order valence-electron chi connectivity index (χ0n) is 8.58. The van der Waals surface area contributed by atoms with Gasteiger partial charge < -0.3 is 5.73 Å². The van der Waals surface area contributed by atoms with E-state index in [1.54, 1.807) is 0 Å². The molecule has 0 radical (unpaired) electrons. The van der Waals surface area contributed by atoms with Gasteiger partial charge in [-0.3, -0.25) is 0 Å². The summed E-state index contributed by atoms with van der Waals surface area (Å²) in [7, 11) is 0. The standard InChI is InChI=1S/C8H11F3N4S/c1-2-3-5-6(7(12)16)13-14-15(5)4-8(9,10)11/h2-4H2,1H3,(H2,12,16). The summed E-state index contributed by atoms with van der Waals surface area (Å²) in [6, 6.07) is 0. The maximum Gasteiger partial charge on any atom is 0.408 e. The van der Waals surface area contributed by atoms with Gasteiger partial charge in [-0.1, -0.05) is 30.8 Å². The zero-order chi connectivity index (χ0) is 12.3. The van der Waals surface area contributed by atoms with Crippen LogP contribution in [0.15, 0.2) is 0 Å². The molecule has 0 spiro atoms. The first-order chi connectivity index (χ1) is 7.35. The molecule has 4 nitrogen and oxygen atoms in total. The number of nitrogens with zero attached hydrogens (tertiary/aromatic N) is 3. The molecule has 0 aliphatic carbocycles. The Bertz CT molecular complexity index is 385. The van der Waals surface area contributed by atoms with Crippen LogP contribution in [-0.2, 0) is 13.0 Å². The highest BCUT2D eigenvalue weighted by molar-refractivity contribution is 7.80. The van der Waals surface area contributed by atoms with E-state index in [1.807, 2.05) is 6.92 Å². The number of aromatic nitrogens is 3. The van der Waals surface area contributed by atoms with Crippen molar-refractivity contribution in [3.05, 3.63) is 11.4 Å². The smallest absolute Gasteiger partial charge is 0.388 e. The molecule has 0 aliphatic rings. The quantitative estimate of drug-likeness (QED) is 0.823. The van der Waals surface area contributed by atoms with E-state index in [-0.39, 0.29) is 10.7 Å². The van der Waals surface area contributed by atoms with Crippen LogP contribution in [0, 0.1) is 0 Å². The predicted octanol–water partition coefficient (Wildman–Crippen LogP) is 1.43. The van der Waals surface area contributed by atoms with Crippen LogP contribution in [-0.4, -0.2) is 26.2 Å². The Hall–Kier alpha value is -1.18. The number of halogens is 3. The van der Waals surface area contributed by atoms with Gasteiger partial charge >= 0.3 is 6.18 Å². The maximum absolute atomic E-state index is 12.2. The molecular formula is C8H11F3N4S. The van der Waals surface area contributed by atoms with E-state index in [4.69, 9.17) is 18.0 Å². The fraction of sp³-hybridized carbons (Fsp3) is 0.625. The lowest BCUT2D eigenvalue weighted by Gasteiger charge is -2.09. The molecule has 2 N–H and O–H groups in total. The first-order valence-electron chi connectivity index (χ1n) is 4.64. The molecule has 0 saturated heterocycles. The Morgan fingerprint density at radius 3 is 2.56 bits per heavy atom. The van der Waals surface area contributed by atoms with Crippen LogP contribution in [0.4, 0.5) is 13.2 Å². The predicted molar refractivity (Wildman–Crippen MR) is 56.0 cm³/mol. The number of alkyl halides is 3. The molecular weight excluding hydrogens is 241 g/mol. The molecule has 16 heavy (non-hydrogen) atoms. The Kier molecular flexibility index (Phi) is 3.84. The van der Waals surface area contributed by atoms with Crippen LogP contribution in [0.25, 0.3) is 0 Å². The van der Waals surface area contributed by atoms with Crippen LogP contribution in [0.2, 0.25) is 0 Å². The summed E-state index contributed by atoms with van der Waals surface area (Å²) >= 11 is 4.70. The van der Waals surface area contributed by atoms with Gasteiger partial charge in [0.05, 0.1) is 5.69 Å². The molecule has 8 heteroatoms. The monoisotopic (exact) mass is 252 g/mol. The van der Waals surface area contributed by atoms with Crippen molar-refractivity contribution >= 4 is 17.2 Å². The van der Waals surface area contributed by atoms with Crippen LogP contribution in [0.1, 0.15) is 24.7 Å². The third-order valence-electron chi connectivity index (χ3n) is 1.89. The van der Waals surface area contributed by atoms with E-state index >= 15 is 0 Å². The van der Waals surface area contributed by atoms with Crippen molar-refractivity contribution in [1.82, 2.24) is 15.0 Å². The topological polar surface area (TPSA) is 56.7 Å². The lowest BCUT2D eigenvalue weighted by molar-refractivity contribution is -0.143. The third kappa shape index (κ3) is 3.16. The molecule has 0 atom stereocenters. The fourth-order valence-electron chi connectivity index (χ4n) is 1.31. The highest BCUT2D eigenvalue weighted by atomic mass is 32.1. The number of rotatable bonds is 4. The summed E-state index contributed by atoms with van der Waals surface area (Å²) in [6.45, 7) is 0.673. The van der Waals surface area contributed by atoms with Crippen LogP contribution < -0.4 is 5.73 Å². The molecule has 0 unspecified atom stereocenters. The average molecular weight is 252 g/mol. The normalized spacial score (nSPS) is 11.8.